The normalized spacial score (nSPS) is 10.8. The summed E-state index contributed by atoms with van der Waals surface area (Å²) in [6.45, 7) is 0. The van der Waals surface area contributed by atoms with Crippen molar-refractivity contribution in [2.24, 2.45) is 0 Å². The van der Waals surface area contributed by atoms with Gasteiger partial charge in [-0.05, 0) is 23.7 Å². The van der Waals surface area contributed by atoms with Crippen LogP contribution in [0.4, 0.5) is 11.5 Å². The largest absolute Gasteiger partial charge is 0.338 e. The first-order valence-corrected chi connectivity index (χ1v) is 5.88. The van der Waals surface area contributed by atoms with Gasteiger partial charge in [-0.3, -0.25) is 5.10 Å². The quantitative estimate of drug-likeness (QED) is 0.706. The highest BCUT2D eigenvalue weighted by Crippen LogP contribution is 2.27. The van der Waals surface area contributed by atoms with Crippen LogP contribution in [-0.4, -0.2) is 20.2 Å². The molecule has 0 aliphatic carbocycles. The number of hydrogen-bond donors (Lipinski definition) is 2. The predicted molar refractivity (Wildman–Crippen MR) is 71.4 cm³/mol. The molecule has 2 heterocycles. The Hall–Kier alpha value is -1.85. The minimum atomic E-state index is 0.140. The molecule has 90 valence electrons. The van der Waals surface area contributed by atoms with Crippen molar-refractivity contribution in [3.05, 3.63) is 40.8 Å². The third-order valence-corrected chi connectivity index (χ3v) is 2.91. The van der Waals surface area contributed by atoms with E-state index < -0.39 is 0 Å². The molecule has 2 aromatic heterocycles. The van der Waals surface area contributed by atoms with Crippen LogP contribution in [-0.2, 0) is 0 Å². The van der Waals surface area contributed by atoms with Crippen molar-refractivity contribution in [2.45, 2.75) is 0 Å². The molecular formula is C11H7Cl2N5. The van der Waals surface area contributed by atoms with Gasteiger partial charge in [-0.2, -0.15) is 15.1 Å². The van der Waals surface area contributed by atoms with Gasteiger partial charge < -0.3 is 5.32 Å². The summed E-state index contributed by atoms with van der Waals surface area (Å²) in [5, 5.41) is 11.3. The standard InChI is InChI=1S/C11H7Cl2N5/c12-7-3-1-2-4-8(7)15-9-6-5-14-18-10(6)17-11(13)16-9/h1-5H,(H2,14,15,16,17,18). The van der Waals surface area contributed by atoms with E-state index in [0.29, 0.717) is 16.5 Å². The van der Waals surface area contributed by atoms with Crippen LogP contribution in [0.2, 0.25) is 10.3 Å². The van der Waals surface area contributed by atoms with Crippen molar-refractivity contribution in [3.8, 4) is 0 Å². The Morgan fingerprint density at radius 1 is 1.11 bits per heavy atom. The average Bonchev–Trinajstić information content (AvgIpc) is 2.80. The van der Waals surface area contributed by atoms with E-state index in [2.05, 4.69) is 25.5 Å². The highest BCUT2D eigenvalue weighted by molar-refractivity contribution is 6.33. The van der Waals surface area contributed by atoms with Gasteiger partial charge >= 0.3 is 0 Å². The minimum absolute atomic E-state index is 0.140. The SMILES string of the molecule is Clc1nc(Nc2ccccc2Cl)c2cn[nH]c2n1. The monoisotopic (exact) mass is 279 g/mol. The Bertz CT molecular complexity index is 709. The molecule has 0 bridgehead atoms. The topological polar surface area (TPSA) is 66.5 Å². The fourth-order valence-electron chi connectivity index (χ4n) is 1.59. The number of nitrogens with one attached hydrogen (secondary N) is 2. The van der Waals surface area contributed by atoms with Gasteiger partial charge in [0.05, 0.1) is 22.3 Å². The van der Waals surface area contributed by atoms with Crippen LogP contribution in [0.25, 0.3) is 11.0 Å². The van der Waals surface area contributed by atoms with Gasteiger partial charge in [0.15, 0.2) is 5.65 Å². The molecule has 3 aromatic rings. The number of halogens is 2. The smallest absolute Gasteiger partial charge is 0.226 e. The second-order valence-corrected chi connectivity index (χ2v) is 4.32. The summed E-state index contributed by atoms with van der Waals surface area (Å²) in [5.41, 5.74) is 1.32. The molecule has 0 amide bonds. The van der Waals surface area contributed by atoms with Crippen molar-refractivity contribution in [2.75, 3.05) is 5.32 Å². The summed E-state index contributed by atoms with van der Waals surface area (Å²) in [7, 11) is 0. The number of anilines is 2. The van der Waals surface area contributed by atoms with E-state index in [9.17, 15) is 0 Å². The fraction of sp³-hybridized carbons (Fsp3) is 0. The first kappa shape index (κ1) is 11.3. The molecule has 0 unspecified atom stereocenters. The van der Waals surface area contributed by atoms with Crippen LogP contribution in [0.5, 0.6) is 0 Å². The van der Waals surface area contributed by atoms with Gasteiger partial charge in [0, 0.05) is 0 Å². The summed E-state index contributed by atoms with van der Waals surface area (Å²) < 4.78 is 0. The highest BCUT2D eigenvalue weighted by atomic mass is 35.5. The predicted octanol–water partition coefficient (Wildman–Crippen LogP) is 3.40. The molecule has 5 nitrogen and oxygen atoms in total. The average molecular weight is 280 g/mol. The minimum Gasteiger partial charge on any atom is -0.338 e. The Kier molecular flexibility index (Phi) is 2.77. The van der Waals surface area contributed by atoms with Gasteiger partial charge in [-0.15, -0.1) is 0 Å². The summed E-state index contributed by atoms with van der Waals surface area (Å²) in [4.78, 5) is 8.16. The van der Waals surface area contributed by atoms with Crippen LogP contribution >= 0.6 is 23.2 Å². The molecule has 0 atom stereocenters. The summed E-state index contributed by atoms with van der Waals surface area (Å²) in [5.74, 6) is 0.562. The second-order valence-electron chi connectivity index (χ2n) is 3.58. The lowest BCUT2D eigenvalue weighted by Gasteiger charge is -2.08. The Morgan fingerprint density at radius 3 is 2.78 bits per heavy atom. The number of nitrogens with zero attached hydrogens (tertiary/aromatic N) is 3. The van der Waals surface area contributed by atoms with Crippen molar-refractivity contribution in [3.63, 3.8) is 0 Å². The lowest BCUT2D eigenvalue weighted by molar-refractivity contribution is 1.09. The summed E-state index contributed by atoms with van der Waals surface area (Å²) in [6.07, 6.45) is 1.63. The van der Waals surface area contributed by atoms with Crippen LogP contribution in [0.1, 0.15) is 0 Å². The fourth-order valence-corrected chi connectivity index (χ4v) is 1.95. The molecule has 0 aliphatic heterocycles. The van der Waals surface area contributed by atoms with Gasteiger partial charge in [0.25, 0.3) is 0 Å². The Labute approximate surface area is 112 Å². The first-order chi connectivity index (χ1) is 8.74. The number of benzene rings is 1. The highest BCUT2D eigenvalue weighted by Gasteiger charge is 2.09. The molecule has 3 rings (SSSR count). The van der Waals surface area contributed by atoms with Gasteiger partial charge in [0.1, 0.15) is 5.82 Å². The molecule has 0 fully saturated rings. The molecule has 18 heavy (non-hydrogen) atoms. The number of aromatic amines is 1. The zero-order chi connectivity index (χ0) is 12.5. The number of hydrogen-bond acceptors (Lipinski definition) is 4. The molecule has 0 saturated heterocycles. The van der Waals surface area contributed by atoms with Crippen molar-refractivity contribution >= 4 is 45.7 Å². The van der Waals surface area contributed by atoms with E-state index in [1.54, 1.807) is 12.3 Å². The summed E-state index contributed by atoms with van der Waals surface area (Å²) >= 11 is 11.9. The maximum Gasteiger partial charge on any atom is 0.226 e. The van der Waals surface area contributed by atoms with Crippen LogP contribution < -0.4 is 5.32 Å². The van der Waals surface area contributed by atoms with E-state index in [4.69, 9.17) is 23.2 Å². The number of rotatable bonds is 2. The van der Waals surface area contributed by atoms with Crippen molar-refractivity contribution in [1.29, 1.82) is 0 Å². The summed E-state index contributed by atoms with van der Waals surface area (Å²) in [6, 6.07) is 7.38. The third kappa shape index (κ3) is 1.98. The lowest BCUT2D eigenvalue weighted by Crippen LogP contribution is -1.96. The molecule has 0 radical (unpaired) electrons. The van der Waals surface area contributed by atoms with Gasteiger partial charge in [-0.1, -0.05) is 23.7 Å². The number of H-pyrrole nitrogens is 1. The molecule has 0 saturated carbocycles. The third-order valence-electron chi connectivity index (χ3n) is 2.41. The van der Waals surface area contributed by atoms with E-state index in [0.717, 1.165) is 11.1 Å². The zero-order valence-corrected chi connectivity index (χ0v) is 10.5. The van der Waals surface area contributed by atoms with Crippen LogP contribution in [0.3, 0.4) is 0 Å². The van der Waals surface area contributed by atoms with E-state index in [1.807, 2.05) is 18.2 Å². The number of aromatic nitrogens is 4. The molecular weight excluding hydrogens is 273 g/mol. The van der Waals surface area contributed by atoms with E-state index in [-0.39, 0.29) is 5.28 Å². The molecule has 2 N–H and O–H groups in total. The van der Waals surface area contributed by atoms with Crippen LogP contribution in [0.15, 0.2) is 30.5 Å². The zero-order valence-electron chi connectivity index (χ0n) is 8.98. The van der Waals surface area contributed by atoms with E-state index >= 15 is 0 Å². The Balaban J connectivity index is 2.10. The Morgan fingerprint density at radius 2 is 1.94 bits per heavy atom. The number of para-hydroxylation sites is 1. The van der Waals surface area contributed by atoms with Gasteiger partial charge in [0.2, 0.25) is 5.28 Å². The number of fused-ring (bicyclic) bond motifs is 1. The van der Waals surface area contributed by atoms with Crippen molar-refractivity contribution in [1.82, 2.24) is 20.2 Å². The second kappa shape index (κ2) is 4.44. The molecule has 7 heteroatoms. The molecule has 0 aliphatic rings. The molecule has 0 spiro atoms. The first-order valence-electron chi connectivity index (χ1n) is 5.12. The van der Waals surface area contributed by atoms with Crippen LogP contribution in [0, 0.1) is 0 Å². The maximum atomic E-state index is 6.08. The molecule has 1 aromatic carbocycles. The maximum absolute atomic E-state index is 6.08. The van der Waals surface area contributed by atoms with Gasteiger partial charge in [-0.25, -0.2) is 0 Å². The lowest BCUT2D eigenvalue weighted by atomic mass is 10.3. The van der Waals surface area contributed by atoms with E-state index in [1.165, 1.54) is 0 Å². The van der Waals surface area contributed by atoms with Crippen molar-refractivity contribution < 1.29 is 0 Å².